The molecule has 5 nitrogen and oxygen atoms in total. The van der Waals surface area contributed by atoms with E-state index in [1.807, 2.05) is 6.92 Å². The molecule has 3 N–H and O–H groups in total. The lowest BCUT2D eigenvalue weighted by Gasteiger charge is -2.69. The highest BCUT2D eigenvalue weighted by Crippen LogP contribution is 2.72. The van der Waals surface area contributed by atoms with Crippen LogP contribution in [0.4, 0.5) is 0 Å². The average Bonchev–Trinajstić information content (AvgIpc) is 3.49. The summed E-state index contributed by atoms with van der Waals surface area (Å²) in [7, 11) is -2.78. The van der Waals surface area contributed by atoms with Gasteiger partial charge in [-0.15, -0.1) is 6.58 Å². The van der Waals surface area contributed by atoms with E-state index < -0.39 is 9.84 Å². The molecule has 0 amide bonds. The fourth-order valence-corrected chi connectivity index (χ4v) is 14.1. The van der Waals surface area contributed by atoms with Crippen LogP contribution >= 0.6 is 0 Å². The van der Waals surface area contributed by atoms with E-state index in [1.54, 1.807) is 6.08 Å². The van der Waals surface area contributed by atoms with Crippen LogP contribution in [-0.4, -0.2) is 56.3 Å². The summed E-state index contributed by atoms with van der Waals surface area (Å²) in [4.78, 5) is 0. The fourth-order valence-electron chi connectivity index (χ4n) is 12.2. The number of hydrogen-bond acceptors (Lipinski definition) is 5. The van der Waals surface area contributed by atoms with E-state index in [2.05, 4.69) is 44.9 Å². The Hall–Kier alpha value is -0.430. The molecule has 6 rings (SSSR count). The quantitative estimate of drug-likeness (QED) is 0.247. The van der Waals surface area contributed by atoms with Crippen LogP contribution < -0.4 is 10.6 Å². The zero-order chi connectivity index (χ0) is 29.7. The highest BCUT2D eigenvalue weighted by atomic mass is 32.2. The second-order valence-electron chi connectivity index (χ2n) is 16.4. The number of rotatable bonds is 6. The van der Waals surface area contributed by atoms with Gasteiger partial charge in [0.25, 0.3) is 0 Å². The fraction of sp³-hybridized carbons (Fsp3) is 0.943. The molecule has 5 saturated carbocycles. The number of aliphatic hydroxyl groups is 1. The molecule has 0 aromatic rings. The molecule has 10 atom stereocenters. The Morgan fingerprint density at radius 2 is 1.59 bits per heavy atom. The van der Waals surface area contributed by atoms with Gasteiger partial charge in [0.05, 0.1) is 17.6 Å². The molecular weight excluding hydrogens is 528 g/mol. The van der Waals surface area contributed by atoms with Gasteiger partial charge in [-0.1, -0.05) is 40.2 Å². The minimum atomic E-state index is -2.78. The van der Waals surface area contributed by atoms with Crippen LogP contribution in [0, 0.1) is 51.8 Å². The minimum absolute atomic E-state index is 0.0440. The van der Waals surface area contributed by atoms with Crippen molar-refractivity contribution in [1.82, 2.24) is 10.6 Å². The van der Waals surface area contributed by atoms with Gasteiger partial charge in [0.1, 0.15) is 0 Å². The zero-order valence-electron chi connectivity index (χ0n) is 27.0. The first-order valence-electron chi connectivity index (χ1n) is 17.2. The van der Waals surface area contributed by atoms with Gasteiger partial charge >= 0.3 is 0 Å². The van der Waals surface area contributed by atoms with E-state index >= 15 is 0 Å². The third kappa shape index (κ3) is 5.63. The molecule has 5 aliphatic carbocycles. The van der Waals surface area contributed by atoms with Gasteiger partial charge < -0.3 is 15.7 Å². The smallest absolute Gasteiger partial charge is 0.150 e. The van der Waals surface area contributed by atoms with Crippen molar-refractivity contribution in [2.24, 2.45) is 51.8 Å². The highest BCUT2D eigenvalue weighted by Gasteiger charge is 2.66. The van der Waals surface area contributed by atoms with E-state index in [-0.39, 0.29) is 11.5 Å². The van der Waals surface area contributed by atoms with E-state index in [4.69, 9.17) is 0 Å². The van der Waals surface area contributed by atoms with Crippen molar-refractivity contribution >= 4 is 9.84 Å². The maximum Gasteiger partial charge on any atom is 0.150 e. The van der Waals surface area contributed by atoms with Gasteiger partial charge in [0.2, 0.25) is 0 Å². The van der Waals surface area contributed by atoms with Gasteiger partial charge in [-0.3, -0.25) is 0 Å². The molecular formula is C35H62N2O3S. The van der Waals surface area contributed by atoms with E-state index in [0.717, 1.165) is 56.1 Å². The molecule has 6 aliphatic rings. The number of allylic oxidation sites excluding steroid dienone is 1. The third-order valence-corrected chi connectivity index (χ3v) is 15.9. The number of nitrogens with one attached hydrogen (secondary N) is 2. The normalized spacial score (nSPS) is 47.6. The Bertz CT molecular complexity index is 1040. The molecule has 6 heteroatoms. The van der Waals surface area contributed by atoms with Gasteiger partial charge in [-0.25, -0.2) is 8.42 Å². The van der Waals surface area contributed by atoms with Crippen molar-refractivity contribution in [1.29, 1.82) is 0 Å². The van der Waals surface area contributed by atoms with E-state index in [9.17, 15) is 13.5 Å². The van der Waals surface area contributed by atoms with Crippen LogP contribution in [0.5, 0.6) is 0 Å². The summed E-state index contributed by atoms with van der Waals surface area (Å²) in [6.07, 6.45) is 17.0. The standard InChI is InChI=1S/C32H56N2O3S.C3H6/c1-29(2)26-10-14-30(3)24-9-16-32(34-18-17-33-20-22-12-19-38(36,37)21-22)13-5-6-25(32)23(24)7-8-27(30)31(26,4)15-11-28(29)35;1-3-2/h22-28,33-35H,5-21H2,1-4H3;3H,1H2,2H3/t22?,23?,24?,25-,26?,27?,28?,30?,31?,32?;/m1./s1. The Balaban J connectivity index is 0.00000108. The molecule has 0 aromatic carbocycles. The van der Waals surface area contributed by atoms with E-state index in [0.29, 0.717) is 39.7 Å². The van der Waals surface area contributed by atoms with Crippen molar-refractivity contribution in [3.63, 3.8) is 0 Å². The first kappa shape index (κ1) is 32.0. The number of fused-ring (bicyclic) bond motifs is 7. The lowest BCUT2D eigenvalue weighted by Crippen LogP contribution is -2.65. The zero-order valence-corrected chi connectivity index (χ0v) is 27.8. The third-order valence-electron chi connectivity index (χ3n) is 14.0. The van der Waals surface area contributed by atoms with Crippen LogP contribution in [0.15, 0.2) is 12.7 Å². The molecule has 0 bridgehead atoms. The molecule has 1 aliphatic heterocycles. The predicted molar refractivity (Wildman–Crippen MR) is 170 cm³/mol. The van der Waals surface area contributed by atoms with Crippen molar-refractivity contribution in [2.75, 3.05) is 31.1 Å². The van der Waals surface area contributed by atoms with Gasteiger partial charge in [-0.05, 0) is 136 Å². The largest absolute Gasteiger partial charge is 0.393 e. The first-order valence-corrected chi connectivity index (χ1v) is 19.1. The average molecular weight is 591 g/mol. The molecule has 0 radical (unpaired) electrons. The maximum absolute atomic E-state index is 11.8. The second kappa shape index (κ2) is 11.8. The van der Waals surface area contributed by atoms with Crippen LogP contribution in [0.1, 0.15) is 112 Å². The van der Waals surface area contributed by atoms with Crippen molar-refractivity contribution < 1.29 is 13.5 Å². The topological polar surface area (TPSA) is 78.4 Å². The summed E-state index contributed by atoms with van der Waals surface area (Å²) >= 11 is 0. The molecule has 0 aromatic heterocycles. The molecule has 0 spiro atoms. The Kier molecular flexibility index (Phi) is 9.22. The summed E-state index contributed by atoms with van der Waals surface area (Å²) in [5.41, 5.74) is 1.22. The summed E-state index contributed by atoms with van der Waals surface area (Å²) in [5.74, 6) is 5.10. The van der Waals surface area contributed by atoms with Gasteiger partial charge in [-0.2, -0.15) is 0 Å². The van der Waals surface area contributed by atoms with Crippen LogP contribution in [-0.2, 0) is 9.84 Å². The second-order valence-corrected chi connectivity index (χ2v) is 18.6. The Morgan fingerprint density at radius 3 is 2.29 bits per heavy atom. The van der Waals surface area contributed by atoms with Gasteiger partial charge in [0, 0.05) is 18.6 Å². The monoisotopic (exact) mass is 590 g/mol. The van der Waals surface area contributed by atoms with Crippen LogP contribution in [0.2, 0.25) is 0 Å². The molecule has 41 heavy (non-hydrogen) atoms. The molecule has 1 saturated heterocycles. The number of hydrogen-bond donors (Lipinski definition) is 3. The molecule has 1 heterocycles. The molecule has 6 fully saturated rings. The Morgan fingerprint density at radius 1 is 0.854 bits per heavy atom. The van der Waals surface area contributed by atoms with Crippen LogP contribution in [0.25, 0.3) is 0 Å². The van der Waals surface area contributed by atoms with Crippen molar-refractivity contribution in [3.05, 3.63) is 12.7 Å². The first-order chi connectivity index (χ1) is 19.3. The lowest BCUT2D eigenvalue weighted by atomic mass is 9.36. The minimum Gasteiger partial charge on any atom is -0.393 e. The van der Waals surface area contributed by atoms with Crippen LogP contribution in [0.3, 0.4) is 0 Å². The summed E-state index contributed by atoms with van der Waals surface area (Å²) in [5, 5.41) is 18.6. The summed E-state index contributed by atoms with van der Waals surface area (Å²) in [6, 6.07) is 0. The maximum atomic E-state index is 11.8. The molecule has 236 valence electrons. The number of sulfone groups is 1. The van der Waals surface area contributed by atoms with Gasteiger partial charge in [0.15, 0.2) is 9.84 Å². The highest BCUT2D eigenvalue weighted by molar-refractivity contribution is 7.91. The SMILES string of the molecule is C=CC.CC1(C)C(O)CCC2(C)C1CCC1(C)C3CCC4(NCCNCC5CCS(=O)(=O)C5)CCC[C@@H]4C3CCC12. The lowest BCUT2D eigenvalue weighted by molar-refractivity contribution is -0.211. The molecule has 9 unspecified atom stereocenters. The summed E-state index contributed by atoms with van der Waals surface area (Å²) < 4.78 is 23.5. The number of aliphatic hydroxyl groups excluding tert-OH is 1. The van der Waals surface area contributed by atoms with E-state index in [1.165, 1.54) is 64.2 Å². The Labute approximate surface area is 252 Å². The van der Waals surface area contributed by atoms with Crippen molar-refractivity contribution in [3.8, 4) is 0 Å². The summed E-state index contributed by atoms with van der Waals surface area (Å²) in [6.45, 7) is 18.1. The predicted octanol–water partition coefficient (Wildman–Crippen LogP) is 6.37. The van der Waals surface area contributed by atoms with Crippen molar-refractivity contribution in [2.45, 2.75) is 123 Å².